The second-order valence-corrected chi connectivity index (χ2v) is 2.85. The first-order valence-corrected chi connectivity index (χ1v) is 5.23. The summed E-state index contributed by atoms with van der Waals surface area (Å²) in [4.78, 5) is 11.4. The van der Waals surface area contributed by atoms with Gasteiger partial charge < -0.3 is 14.8 Å². The average molecular weight is 203 g/mol. The Morgan fingerprint density at radius 1 is 1.29 bits per heavy atom. The minimum Gasteiger partial charge on any atom is -0.465 e. The smallest absolute Gasteiger partial charge is 0.323 e. The molecule has 0 aliphatic heterocycles. The van der Waals surface area contributed by atoms with Crippen LogP contribution in [0.25, 0.3) is 0 Å². The minimum absolute atomic E-state index is 0.186. The Morgan fingerprint density at radius 3 is 2.50 bits per heavy atom. The summed E-state index contributed by atoms with van der Waals surface area (Å²) in [6.45, 7) is 8.17. The topological polar surface area (TPSA) is 47.6 Å². The summed E-state index contributed by atoms with van der Waals surface area (Å²) in [5.74, 6) is -0.186. The summed E-state index contributed by atoms with van der Waals surface area (Å²) in [5, 5.41) is 3.07. The molecule has 0 bridgehead atoms. The third kappa shape index (κ3) is 5.94. The molecule has 0 fully saturated rings. The van der Waals surface area contributed by atoms with E-state index in [1.807, 2.05) is 20.8 Å². The van der Waals surface area contributed by atoms with Crippen LogP contribution in [0, 0.1) is 0 Å². The van der Waals surface area contributed by atoms with Crippen LogP contribution in [0.1, 0.15) is 27.2 Å². The molecule has 0 heterocycles. The van der Waals surface area contributed by atoms with Gasteiger partial charge in [-0.2, -0.15) is 0 Å². The van der Waals surface area contributed by atoms with Gasteiger partial charge in [0, 0.05) is 13.2 Å². The lowest BCUT2D eigenvalue weighted by Gasteiger charge is -2.15. The molecule has 4 heteroatoms. The fraction of sp³-hybridized carbons (Fsp3) is 0.900. The van der Waals surface area contributed by atoms with E-state index in [-0.39, 0.29) is 12.0 Å². The first kappa shape index (κ1) is 13.4. The Morgan fingerprint density at radius 2 is 2.00 bits per heavy atom. The lowest BCUT2D eigenvalue weighted by molar-refractivity contribution is -0.146. The van der Waals surface area contributed by atoms with E-state index in [0.29, 0.717) is 26.2 Å². The molecule has 0 aromatic heterocycles. The summed E-state index contributed by atoms with van der Waals surface area (Å²) >= 11 is 0. The number of hydrogen-bond donors (Lipinski definition) is 1. The van der Waals surface area contributed by atoms with Crippen molar-refractivity contribution in [3.63, 3.8) is 0 Å². The number of nitrogens with one attached hydrogen (secondary N) is 1. The summed E-state index contributed by atoms with van der Waals surface area (Å²) in [6.07, 6.45) is 0.667. The zero-order chi connectivity index (χ0) is 10.8. The molecular formula is C10H21NO3. The van der Waals surface area contributed by atoms with Crippen LogP contribution in [0.4, 0.5) is 0 Å². The number of likely N-dealkylation sites (N-methyl/N-ethyl adjacent to an activating group) is 1. The highest BCUT2D eigenvalue weighted by Crippen LogP contribution is 1.96. The zero-order valence-corrected chi connectivity index (χ0v) is 9.34. The maximum absolute atomic E-state index is 11.4. The Balaban J connectivity index is 3.81. The number of carbonyl (C=O) groups excluding carboxylic acids is 1. The SMILES string of the molecule is CCNC(CCOCC)C(=O)OCC. The van der Waals surface area contributed by atoms with Gasteiger partial charge in [0.05, 0.1) is 6.61 Å². The molecule has 1 unspecified atom stereocenters. The lowest BCUT2D eigenvalue weighted by atomic mass is 10.2. The second-order valence-electron chi connectivity index (χ2n) is 2.85. The molecule has 14 heavy (non-hydrogen) atoms. The fourth-order valence-electron chi connectivity index (χ4n) is 1.14. The number of esters is 1. The molecule has 1 N–H and O–H groups in total. The van der Waals surface area contributed by atoms with Gasteiger partial charge in [-0.1, -0.05) is 6.92 Å². The molecular weight excluding hydrogens is 182 g/mol. The van der Waals surface area contributed by atoms with Gasteiger partial charge in [0.15, 0.2) is 0 Å². The van der Waals surface area contributed by atoms with Crippen LogP contribution < -0.4 is 5.32 Å². The van der Waals surface area contributed by atoms with E-state index in [0.717, 1.165) is 6.54 Å². The third-order valence-corrected chi connectivity index (χ3v) is 1.78. The first-order chi connectivity index (χ1) is 6.76. The van der Waals surface area contributed by atoms with E-state index in [9.17, 15) is 4.79 Å². The zero-order valence-electron chi connectivity index (χ0n) is 9.34. The second kappa shape index (κ2) is 8.97. The summed E-state index contributed by atoms with van der Waals surface area (Å²) in [5.41, 5.74) is 0. The molecule has 0 aliphatic rings. The highest BCUT2D eigenvalue weighted by molar-refractivity contribution is 5.75. The maximum atomic E-state index is 11.4. The van der Waals surface area contributed by atoms with Gasteiger partial charge in [-0.05, 0) is 26.8 Å². The molecule has 0 saturated heterocycles. The molecule has 4 nitrogen and oxygen atoms in total. The number of carbonyl (C=O) groups is 1. The van der Waals surface area contributed by atoms with Crippen molar-refractivity contribution in [2.24, 2.45) is 0 Å². The number of hydrogen-bond acceptors (Lipinski definition) is 4. The number of rotatable bonds is 8. The third-order valence-electron chi connectivity index (χ3n) is 1.78. The summed E-state index contributed by atoms with van der Waals surface area (Å²) < 4.78 is 10.1. The van der Waals surface area contributed by atoms with Crippen molar-refractivity contribution in [2.75, 3.05) is 26.4 Å². The molecule has 84 valence electrons. The van der Waals surface area contributed by atoms with Crippen molar-refractivity contribution in [2.45, 2.75) is 33.2 Å². The van der Waals surface area contributed by atoms with E-state index in [1.54, 1.807) is 0 Å². The maximum Gasteiger partial charge on any atom is 0.323 e. The highest BCUT2D eigenvalue weighted by atomic mass is 16.5. The quantitative estimate of drug-likeness (QED) is 0.471. The molecule has 0 amide bonds. The van der Waals surface area contributed by atoms with E-state index in [2.05, 4.69) is 5.32 Å². The Bertz CT molecular complexity index is 150. The predicted molar refractivity (Wildman–Crippen MR) is 55.2 cm³/mol. The van der Waals surface area contributed by atoms with Crippen molar-refractivity contribution >= 4 is 5.97 Å². The van der Waals surface area contributed by atoms with Crippen LogP contribution in [-0.2, 0) is 14.3 Å². The van der Waals surface area contributed by atoms with Gasteiger partial charge in [0.2, 0.25) is 0 Å². The molecule has 0 rings (SSSR count). The van der Waals surface area contributed by atoms with Gasteiger partial charge in [0.1, 0.15) is 6.04 Å². The van der Waals surface area contributed by atoms with Gasteiger partial charge in [0.25, 0.3) is 0 Å². The average Bonchev–Trinajstić information content (AvgIpc) is 2.17. The Hall–Kier alpha value is -0.610. The summed E-state index contributed by atoms with van der Waals surface area (Å²) in [6, 6.07) is -0.230. The van der Waals surface area contributed by atoms with Crippen molar-refractivity contribution in [3.8, 4) is 0 Å². The molecule has 0 saturated carbocycles. The van der Waals surface area contributed by atoms with E-state index in [4.69, 9.17) is 9.47 Å². The lowest BCUT2D eigenvalue weighted by Crippen LogP contribution is -2.38. The Labute approximate surface area is 86.0 Å². The number of ether oxygens (including phenoxy) is 2. The molecule has 1 atom stereocenters. The van der Waals surface area contributed by atoms with Gasteiger partial charge in [-0.15, -0.1) is 0 Å². The monoisotopic (exact) mass is 203 g/mol. The van der Waals surface area contributed by atoms with Crippen LogP contribution >= 0.6 is 0 Å². The van der Waals surface area contributed by atoms with Crippen LogP contribution in [0.2, 0.25) is 0 Å². The largest absolute Gasteiger partial charge is 0.465 e. The Kier molecular flexibility index (Phi) is 8.57. The van der Waals surface area contributed by atoms with Crippen molar-refractivity contribution < 1.29 is 14.3 Å². The van der Waals surface area contributed by atoms with Gasteiger partial charge in [-0.25, -0.2) is 0 Å². The normalized spacial score (nSPS) is 12.5. The van der Waals surface area contributed by atoms with Crippen molar-refractivity contribution in [1.29, 1.82) is 0 Å². The molecule has 0 spiro atoms. The molecule has 0 aliphatic carbocycles. The van der Waals surface area contributed by atoms with E-state index < -0.39 is 0 Å². The highest BCUT2D eigenvalue weighted by Gasteiger charge is 2.17. The summed E-state index contributed by atoms with van der Waals surface area (Å²) in [7, 11) is 0. The molecule has 0 aromatic carbocycles. The van der Waals surface area contributed by atoms with Crippen LogP contribution in [0.5, 0.6) is 0 Å². The predicted octanol–water partition coefficient (Wildman–Crippen LogP) is 0.954. The van der Waals surface area contributed by atoms with Gasteiger partial charge in [-0.3, -0.25) is 4.79 Å². The van der Waals surface area contributed by atoms with E-state index in [1.165, 1.54) is 0 Å². The molecule has 0 aromatic rings. The minimum atomic E-state index is -0.230. The van der Waals surface area contributed by atoms with Crippen molar-refractivity contribution in [1.82, 2.24) is 5.32 Å². The van der Waals surface area contributed by atoms with Gasteiger partial charge >= 0.3 is 5.97 Å². The van der Waals surface area contributed by atoms with Crippen LogP contribution in [0.3, 0.4) is 0 Å². The fourth-order valence-corrected chi connectivity index (χ4v) is 1.14. The van der Waals surface area contributed by atoms with Crippen molar-refractivity contribution in [3.05, 3.63) is 0 Å². The van der Waals surface area contributed by atoms with Crippen LogP contribution in [0.15, 0.2) is 0 Å². The first-order valence-electron chi connectivity index (χ1n) is 5.23. The van der Waals surface area contributed by atoms with E-state index >= 15 is 0 Å². The van der Waals surface area contributed by atoms with Crippen LogP contribution in [-0.4, -0.2) is 38.4 Å². The standard InChI is InChI=1S/C10H21NO3/c1-4-11-9(7-8-13-5-2)10(12)14-6-3/h9,11H,4-8H2,1-3H3. The molecule has 0 radical (unpaired) electrons.